The molecule has 3 aliphatic rings. The quantitative estimate of drug-likeness (QED) is 0.514. The van der Waals surface area contributed by atoms with Gasteiger partial charge in [-0.3, -0.25) is 0 Å². The van der Waals surface area contributed by atoms with E-state index in [9.17, 15) is 8.78 Å². The van der Waals surface area contributed by atoms with Gasteiger partial charge in [0.05, 0.1) is 11.8 Å². The number of ether oxygens (including phenoxy) is 2. The monoisotopic (exact) mass is 505 g/mol. The number of nitrogens with zero attached hydrogens (tertiary/aromatic N) is 3. The van der Waals surface area contributed by atoms with Gasteiger partial charge in [0, 0.05) is 48.0 Å². The number of para-hydroxylation sites is 1. The van der Waals surface area contributed by atoms with Crippen LogP contribution in [0.2, 0.25) is 0 Å². The van der Waals surface area contributed by atoms with Gasteiger partial charge in [0.1, 0.15) is 11.5 Å². The standard InChI is InChI=1S/C24H26BrF2N3O2/c1-2-11-29-12-9-24(10-13-29)30-20(18-14-16(25)7-8-22(18)32-24)15-19(28-30)17-5-3-4-6-21(17)31-23(26)27/h3-8,14,20,23H,2,9-13,15H2,1H3/t20-/m1/s1. The lowest BCUT2D eigenvalue weighted by Crippen LogP contribution is -2.59. The highest BCUT2D eigenvalue weighted by atomic mass is 79.9. The van der Waals surface area contributed by atoms with Crippen molar-refractivity contribution in [3.63, 3.8) is 0 Å². The molecule has 1 spiro atoms. The van der Waals surface area contributed by atoms with E-state index in [1.807, 2.05) is 18.2 Å². The van der Waals surface area contributed by atoms with Gasteiger partial charge in [0.2, 0.25) is 5.72 Å². The van der Waals surface area contributed by atoms with Crippen molar-refractivity contribution in [1.82, 2.24) is 9.91 Å². The first-order valence-electron chi connectivity index (χ1n) is 11.1. The Morgan fingerprint density at radius 2 is 2.00 bits per heavy atom. The van der Waals surface area contributed by atoms with E-state index >= 15 is 0 Å². The fourth-order valence-corrected chi connectivity index (χ4v) is 5.47. The molecule has 0 aliphatic carbocycles. The Hall–Kier alpha value is -2.19. The zero-order chi connectivity index (χ0) is 22.3. The fraction of sp³-hybridized carbons (Fsp3) is 0.458. The Morgan fingerprint density at radius 1 is 1.22 bits per heavy atom. The van der Waals surface area contributed by atoms with Gasteiger partial charge in [-0.15, -0.1) is 0 Å². The summed E-state index contributed by atoms with van der Waals surface area (Å²) >= 11 is 3.58. The summed E-state index contributed by atoms with van der Waals surface area (Å²) in [6, 6.07) is 13.0. The molecular weight excluding hydrogens is 480 g/mol. The molecule has 8 heteroatoms. The number of alkyl halides is 2. The molecule has 2 aromatic rings. The molecule has 0 bridgehead atoms. The summed E-state index contributed by atoms with van der Waals surface area (Å²) in [6.07, 6.45) is 3.41. The van der Waals surface area contributed by atoms with Gasteiger partial charge in [-0.25, -0.2) is 5.01 Å². The summed E-state index contributed by atoms with van der Waals surface area (Å²) in [5.74, 6) is 1.04. The number of hydrazone groups is 1. The molecule has 2 aromatic carbocycles. The molecule has 5 nitrogen and oxygen atoms in total. The third-order valence-corrected chi connectivity index (χ3v) is 7.04. The smallest absolute Gasteiger partial charge is 0.387 e. The molecule has 0 aromatic heterocycles. The molecule has 32 heavy (non-hydrogen) atoms. The van der Waals surface area contributed by atoms with Crippen LogP contribution >= 0.6 is 15.9 Å². The Labute approximate surface area is 195 Å². The summed E-state index contributed by atoms with van der Waals surface area (Å²) in [7, 11) is 0. The lowest BCUT2D eigenvalue weighted by atomic mass is 9.90. The first kappa shape index (κ1) is 21.6. The predicted octanol–water partition coefficient (Wildman–Crippen LogP) is 5.80. The van der Waals surface area contributed by atoms with Crippen LogP contribution in [0.3, 0.4) is 0 Å². The topological polar surface area (TPSA) is 37.3 Å². The average Bonchev–Trinajstić information content (AvgIpc) is 3.23. The van der Waals surface area contributed by atoms with Crippen molar-refractivity contribution in [1.29, 1.82) is 0 Å². The molecule has 170 valence electrons. The predicted molar refractivity (Wildman–Crippen MR) is 122 cm³/mol. The van der Waals surface area contributed by atoms with Gasteiger partial charge in [-0.1, -0.05) is 35.0 Å². The SMILES string of the molecule is CCCN1CCC2(CC1)Oc1ccc(Br)cc1[C@H]1CC(c3ccccc3OC(F)F)=NN12. The van der Waals surface area contributed by atoms with Crippen LogP contribution in [-0.4, -0.2) is 47.6 Å². The maximum atomic E-state index is 13.0. The van der Waals surface area contributed by atoms with Gasteiger partial charge in [-0.2, -0.15) is 13.9 Å². The number of benzene rings is 2. The maximum absolute atomic E-state index is 13.0. The van der Waals surface area contributed by atoms with Crippen LogP contribution in [0.25, 0.3) is 0 Å². The van der Waals surface area contributed by atoms with Crippen LogP contribution in [0.15, 0.2) is 52.0 Å². The molecule has 0 unspecified atom stereocenters. The first-order valence-corrected chi connectivity index (χ1v) is 11.9. The van der Waals surface area contributed by atoms with Gasteiger partial charge in [0.15, 0.2) is 0 Å². The molecule has 0 radical (unpaired) electrons. The highest BCUT2D eigenvalue weighted by Gasteiger charge is 2.52. The number of rotatable bonds is 5. The zero-order valence-electron chi connectivity index (χ0n) is 17.9. The number of hydrogen-bond acceptors (Lipinski definition) is 5. The Morgan fingerprint density at radius 3 is 2.75 bits per heavy atom. The van der Waals surface area contributed by atoms with E-state index in [-0.39, 0.29) is 11.8 Å². The number of fused-ring (bicyclic) bond motifs is 4. The second kappa shape index (κ2) is 8.63. The van der Waals surface area contributed by atoms with Gasteiger partial charge in [-0.05, 0) is 43.3 Å². The molecule has 3 heterocycles. The van der Waals surface area contributed by atoms with E-state index in [2.05, 4.69) is 38.8 Å². The number of likely N-dealkylation sites (tertiary alicyclic amines) is 1. The molecule has 0 saturated carbocycles. The second-order valence-corrected chi connectivity index (χ2v) is 9.47. The van der Waals surface area contributed by atoms with Crippen molar-refractivity contribution in [2.45, 2.75) is 51.0 Å². The van der Waals surface area contributed by atoms with Crippen molar-refractivity contribution >= 4 is 21.6 Å². The maximum Gasteiger partial charge on any atom is 0.387 e. The van der Waals surface area contributed by atoms with Crippen LogP contribution in [-0.2, 0) is 0 Å². The summed E-state index contributed by atoms with van der Waals surface area (Å²) in [5.41, 5.74) is 1.89. The third kappa shape index (κ3) is 3.88. The van der Waals surface area contributed by atoms with Crippen molar-refractivity contribution in [3.05, 3.63) is 58.1 Å². The molecule has 1 atom stereocenters. The van der Waals surface area contributed by atoms with E-state index in [1.165, 1.54) is 0 Å². The summed E-state index contributed by atoms with van der Waals surface area (Å²) in [5, 5.41) is 7.09. The van der Waals surface area contributed by atoms with Crippen molar-refractivity contribution < 1.29 is 18.3 Å². The minimum Gasteiger partial charge on any atom is -0.466 e. The van der Waals surface area contributed by atoms with E-state index in [4.69, 9.17) is 14.6 Å². The normalized spacial score (nSPS) is 21.8. The van der Waals surface area contributed by atoms with Crippen LogP contribution in [0.4, 0.5) is 8.78 Å². The molecule has 3 aliphatic heterocycles. The third-order valence-electron chi connectivity index (χ3n) is 6.55. The minimum absolute atomic E-state index is 0.0106. The molecular formula is C24H26BrF2N3O2. The van der Waals surface area contributed by atoms with E-state index in [1.54, 1.807) is 18.2 Å². The van der Waals surface area contributed by atoms with Crippen LogP contribution in [0.1, 0.15) is 49.8 Å². The van der Waals surface area contributed by atoms with Gasteiger partial charge in [0.25, 0.3) is 0 Å². The molecule has 0 N–H and O–H groups in total. The summed E-state index contributed by atoms with van der Waals surface area (Å²) in [6.45, 7) is 2.28. The highest BCUT2D eigenvalue weighted by Crippen LogP contribution is 2.51. The molecule has 1 saturated heterocycles. The van der Waals surface area contributed by atoms with Crippen molar-refractivity contribution in [3.8, 4) is 11.5 Å². The number of halogens is 3. The Bertz CT molecular complexity index is 1020. The van der Waals surface area contributed by atoms with Crippen LogP contribution < -0.4 is 9.47 Å². The Kier molecular flexibility index (Phi) is 5.84. The van der Waals surface area contributed by atoms with E-state index in [0.717, 1.165) is 60.4 Å². The number of hydrogen-bond donors (Lipinski definition) is 0. The number of piperidine rings is 1. The minimum atomic E-state index is -2.88. The van der Waals surface area contributed by atoms with Crippen LogP contribution in [0.5, 0.6) is 11.5 Å². The van der Waals surface area contributed by atoms with E-state index < -0.39 is 12.3 Å². The van der Waals surface area contributed by atoms with Crippen LogP contribution in [0, 0.1) is 0 Å². The van der Waals surface area contributed by atoms with Gasteiger partial charge >= 0.3 is 6.61 Å². The Balaban J connectivity index is 1.53. The highest BCUT2D eigenvalue weighted by molar-refractivity contribution is 9.10. The average molecular weight is 506 g/mol. The second-order valence-electron chi connectivity index (χ2n) is 8.56. The first-order chi connectivity index (χ1) is 15.5. The lowest BCUT2D eigenvalue weighted by Gasteiger charge is -2.51. The summed E-state index contributed by atoms with van der Waals surface area (Å²) < 4.78 is 38.4. The molecule has 0 amide bonds. The van der Waals surface area contributed by atoms with Crippen molar-refractivity contribution in [2.24, 2.45) is 5.10 Å². The molecule has 1 fully saturated rings. The molecule has 5 rings (SSSR count). The largest absolute Gasteiger partial charge is 0.466 e. The fourth-order valence-electron chi connectivity index (χ4n) is 5.09. The summed E-state index contributed by atoms with van der Waals surface area (Å²) in [4.78, 5) is 2.47. The lowest BCUT2D eigenvalue weighted by molar-refractivity contribution is -0.149. The zero-order valence-corrected chi connectivity index (χ0v) is 19.5. The van der Waals surface area contributed by atoms with Gasteiger partial charge < -0.3 is 14.4 Å². The van der Waals surface area contributed by atoms with Crippen molar-refractivity contribution in [2.75, 3.05) is 19.6 Å². The van der Waals surface area contributed by atoms with E-state index in [0.29, 0.717) is 12.0 Å².